The van der Waals surface area contributed by atoms with E-state index in [-0.39, 0.29) is 37.5 Å². The van der Waals surface area contributed by atoms with Crippen LogP contribution >= 0.6 is 0 Å². The van der Waals surface area contributed by atoms with Crippen molar-refractivity contribution in [3.05, 3.63) is 76.9 Å². The lowest BCUT2D eigenvalue weighted by atomic mass is 10.1. The van der Waals surface area contributed by atoms with E-state index in [2.05, 4.69) is 10.6 Å². The molecule has 0 fully saturated rings. The minimum Gasteiger partial charge on any atom is -0.493 e. The zero-order valence-electron chi connectivity index (χ0n) is 19.1. The Labute approximate surface area is 201 Å². The van der Waals surface area contributed by atoms with Gasteiger partial charge in [-0.25, -0.2) is 0 Å². The molecule has 2 amide bonds. The second-order valence-corrected chi connectivity index (χ2v) is 7.88. The summed E-state index contributed by atoms with van der Waals surface area (Å²) in [7, 11) is 0. The molecule has 9 heteroatoms. The molecular formula is C26H24N2O7. The van der Waals surface area contributed by atoms with E-state index in [1.165, 1.54) is 6.07 Å². The Kier molecular flexibility index (Phi) is 6.30. The summed E-state index contributed by atoms with van der Waals surface area (Å²) < 4.78 is 27.0. The average molecular weight is 476 g/mol. The van der Waals surface area contributed by atoms with Crippen molar-refractivity contribution in [1.29, 1.82) is 0 Å². The van der Waals surface area contributed by atoms with Gasteiger partial charge in [-0.15, -0.1) is 0 Å². The Morgan fingerprint density at radius 2 is 1.31 bits per heavy atom. The third kappa shape index (κ3) is 4.93. The molecule has 0 aliphatic carbocycles. The molecule has 2 aliphatic rings. The fourth-order valence-electron chi connectivity index (χ4n) is 3.79. The van der Waals surface area contributed by atoms with Crippen LogP contribution in [0.4, 0.5) is 0 Å². The predicted octanol–water partition coefficient (Wildman–Crippen LogP) is 3.40. The maximum absolute atomic E-state index is 13.0. The van der Waals surface area contributed by atoms with E-state index in [1.54, 1.807) is 18.2 Å². The van der Waals surface area contributed by atoms with Crippen molar-refractivity contribution < 1.29 is 33.3 Å². The third-order valence-electron chi connectivity index (χ3n) is 5.57. The molecule has 2 aliphatic heterocycles. The van der Waals surface area contributed by atoms with Gasteiger partial charge in [0.05, 0.1) is 12.2 Å². The van der Waals surface area contributed by atoms with E-state index >= 15 is 0 Å². The Morgan fingerprint density at radius 3 is 1.91 bits per heavy atom. The van der Waals surface area contributed by atoms with Gasteiger partial charge in [0, 0.05) is 18.7 Å². The van der Waals surface area contributed by atoms with Gasteiger partial charge in [-0.3, -0.25) is 9.59 Å². The van der Waals surface area contributed by atoms with Crippen molar-refractivity contribution in [3.63, 3.8) is 0 Å². The van der Waals surface area contributed by atoms with E-state index in [9.17, 15) is 9.59 Å². The highest BCUT2D eigenvalue weighted by Crippen LogP contribution is 2.33. The molecule has 0 bridgehead atoms. The molecule has 0 aromatic heterocycles. The summed E-state index contributed by atoms with van der Waals surface area (Å²) in [5, 5.41) is 5.75. The molecule has 0 unspecified atom stereocenters. The van der Waals surface area contributed by atoms with E-state index in [0.717, 1.165) is 11.1 Å². The second-order valence-electron chi connectivity index (χ2n) is 7.88. The topological polar surface area (TPSA) is 104 Å². The van der Waals surface area contributed by atoms with Crippen molar-refractivity contribution in [3.8, 4) is 28.7 Å². The first-order valence-corrected chi connectivity index (χ1v) is 11.2. The summed E-state index contributed by atoms with van der Waals surface area (Å²) in [4.78, 5) is 25.8. The van der Waals surface area contributed by atoms with Gasteiger partial charge in [-0.1, -0.05) is 12.1 Å². The number of hydrogen-bond acceptors (Lipinski definition) is 7. The molecule has 0 spiro atoms. The molecular weight excluding hydrogens is 452 g/mol. The third-order valence-corrected chi connectivity index (χ3v) is 5.57. The maximum Gasteiger partial charge on any atom is 0.255 e. The first-order valence-electron chi connectivity index (χ1n) is 11.2. The Bertz CT molecular complexity index is 1270. The summed E-state index contributed by atoms with van der Waals surface area (Å²) in [6.45, 7) is 3.18. The Morgan fingerprint density at radius 1 is 0.743 bits per heavy atom. The van der Waals surface area contributed by atoms with E-state index in [4.69, 9.17) is 23.7 Å². The van der Waals surface area contributed by atoms with Crippen LogP contribution in [0.3, 0.4) is 0 Å². The van der Waals surface area contributed by atoms with Gasteiger partial charge in [0.2, 0.25) is 13.6 Å². The molecule has 3 aromatic rings. The van der Waals surface area contributed by atoms with Gasteiger partial charge in [-0.05, 0) is 60.5 Å². The van der Waals surface area contributed by atoms with Gasteiger partial charge in [0.15, 0.2) is 23.0 Å². The second kappa shape index (κ2) is 9.84. The molecule has 180 valence electrons. The highest BCUT2D eigenvalue weighted by Gasteiger charge is 2.18. The largest absolute Gasteiger partial charge is 0.493 e. The molecule has 3 aromatic carbocycles. The number of nitrogens with one attached hydrogen (secondary N) is 2. The normalized spacial score (nSPS) is 12.8. The lowest BCUT2D eigenvalue weighted by Gasteiger charge is -2.13. The standard InChI is InChI=1S/C26H24N2O7/c1-2-31-20-8-5-18(25(29)27-12-16-3-6-21-23(9-16)34-14-32-21)11-19(20)26(30)28-13-17-4-7-22-24(10-17)35-15-33-22/h3-11H,2,12-15H2,1H3,(H,27,29)(H,28,30). The van der Waals surface area contributed by atoms with Crippen LogP contribution < -0.4 is 34.3 Å². The van der Waals surface area contributed by atoms with Crippen molar-refractivity contribution in [1.82, 2.24) is 10.6 Å². The molecule has 0 radical (unpaired) electrons. The predicted molar refractivity (Wildman–Crippen MR) is 125 cm³/mol. The molecule has 35 heavy (non-hydrogen) atoms. The molecule has 2 heterocycles. The highest BCUT2D eigenvalue weighted by molar-refractivity contribution is 6.01. The van der Waals surface area contributed by atoms with Gasteiger partial charge in [0.25, 0.3) is 11.8 Å². The smallest absolute Gasteiger partial charge is 0.255 e. The van der Waals surface area contributed by atoms with Crippen molar-refractivity contribution in [2.45, 2.75) is 20.0 Å². The molecule has 2 N–H and O–H groups in total. The number of ether oxygens (including phenoxy) is 5. The fourth-order valence-corrected chi connectivity index (χ4v) is 3.79. The van der Waals surface area contributed by atoms with Crippen LogP contribution in [0, 0.1) is 0 Å². The fraction of sp³-hybridized carbons (Fsp3) is 0.231. The number of amides is 2. The average Bonchev–Trinajstić information content (AvgIpc) is 3.55. The van der Waals surface area contributed by atoms with Gasteiger partial charge in [0.1, 0.15) is 5.75 Å². The minimum absolute atomic E-state index is 0.187. The number of carbonyl (C=O) groups excluding carboxylic acids is 2. The van der Waals surface area contributed by atoms with Crippen LogP contribution in [0.5, 0.6) is 28.7 Å². The van der Waals surface area contributed by atoms with Crippen molar-refractivity contribution in [2.75, 3.05) is 20.2 Å². The number of carbonyl (C=O) groups is 2. The summed E-state index contributed by atoms with van der Waals surface area (Å²) in [6.07, 6.45) is 0. The van der Waals surface area contributed by atoms with Crippen LogP contribution in [0.25, 0.3) is 0 Å². The maximum atomic E-state index is 13.0. The van der Waals surface area contributed by atoms with Gasteiger partial charge >= 0.3 is 0 Å². The number of hydrogen-bond donors (Lipinski definition) is 2. The quantitative estimate of drug-likeness (QED) is 0.514. The Hall–Kier alpha value is -4.40. The molecule has 0 saturated carbocycles. The number of rotatable bonds is 8. The lowest BCUT2D eigenvalue weighted by molar-refractivity contribution is 0.0947. The van der Waals surface area contributed by atoms with Crippen LogP contribution in [0.1, 0.15) is 38.8 Å². The highest BCUT2D eigenvalue weighted by atomic mass is 16.7. The Balaban J connectivity index is 1.26. The first kappa shape index (κ1) is 22.4. The lowest BCUT2D eigenvalue weighted by Crippen LogP contribution is -2.26. The summed E-state index contributed by atoms with van der Waals surface area (Å²) in [6, 6.07) is 15.8. The van der Waals surface area contributed by atoms with Crippen molar-refractivity contribution >= 4 is 11.8 Å². The monoisotopic (exact) mass is 476 g/mol. The SMILES string of the molecule is CCOc1ccc(C(=O)NCc2ccc3c(c2)OCO3)cc1C(=O)NCc1ccc2c(c1)OCO2. The minimum atomic E-state index is -0.350. The van der Waals surface area contributed by atoms with Gasteiger partial charge in [-0.2, -0.15) is 0 Å². The number of fused-ring (bicyclic) bond motifs is 2. The van der Waals surface area contributed by atoms with Crippen molar-refractivity contribution in [2.24, 2.45) is 0 Å². The van der Waals surface area contributed by atoms with Crippen LogP contribution in [-0.2, 0) is 13.1 Å². The van der Waals surface area contributed by atoms with E-state index in [1.807, 2.05) is 37.3 Å². The molecule has 0 atom stereocenters. The zero-order chi connectivity index (χ0) is 24.2. The molecule has 5 rings (SSSR count). The summed E-state index contributed by atoms with van der Waals surface area (Å²) in [5.41, 5.74) is 2.36. The summed E-state index contributed by atoms with van der Waals surface area (Å²) >= 11 is 0. The molecule has 0 saturated heterocycles. The van der Waals surface area contributed by atoms with E-state index in [0.29, 0.717) is 47.5 Å². The molecule has 9 nitrogen and oxygen atoms in total. The summed E-state index contributed by atoms with van der Waals surface area (Å²) in [5.74, 6) is 2.41. The van der Waals surface area contributed by atoms with Crippen LogP contribution in [0.15, 0.2) is 54.6 Å². The zero-order valence-corrected chi connectivity index (χ0v) is 19.1. The van der Waals surface area contributed by atoms with E-state index < -0.39 is 0 Å². The number of benzene rings is 3. The first-order chi connectivity index (χ1) is 17.1. The van der Waals surface area contributed by atoms with Crippen LogP contribution in [-0.4, -0.2) is 32.0 Å². The van der Waals surface area contributed by atoms with Crippen LogP contribution in [0.2, 0.25) is 0 Å². The van der Waals surface area contributed by atoms with Gasteiger partial charge < -0.3 is 34.3 Å².